The summed E-state index contributed by atoms with van der Waals surface area (Å²) in [4.78, 5) is 29.5. The fourth-order valence-corrected chi connectivity index (χ4v) is 5.24. The molecule has 37 heavy (non-hydrogen) atoms. The van der Waals surface area contributed by atoms with E-state index in [9.17, 15) is 14.7 Å². The molecule has 1 unspecified atom stereocenters. The van der Waals surface area contributed by atoms with Gasteiger partial charge in [-0.1, -0.05) is 47.7 Å². The number of carbonyl (C=O) groups excluding carboxylic acids is 2. The Bertz CT molecular complexity index is 1310. The fourth-order valence-electron chi connectivity index (χ4n) is 5.11. The van der Waals surface area contributed by atoms with Gasteiger partial charge in [0.2, 0.25) is 5.78 Å². The van der Waals surface area contributed by atoms with Crippen molar-refractivity contribution in [3.8, 4) is 5.69 Å². The van der Waals surface area contributed by atoms with E-state index < -0.39 is 23.5 Å². The highest BCUT2D eigenvalue weighted by Crippen LogP contribution is 2.39. The van der Waals surface area contributed by atoms with E-state index in [1.54, 1.807) is 35.9 Å². The quantitative estimate of drug-likeness (QED) is 0.288. The van der Waals surface area contributed by atoms with Crippen LogP contribution in [0.3, 0.4) is 0 Å². The molecule has 2 fully saturated rings. The molecule has 1 N–H and O–H groups in total. The third-order valence-electron chi connectivity index (χ3n) is 7.10. The highest BCUT2D eigenvalue weighted by atomic mass is 35.5. The largest absolute Gasteiger partial charge is 0.872 e. The monoisotopic (exact) mass is 520 g/mol. The van der Waals surface area contributed by atoms with Crippen LogP contribution in [-0.2, 0) is 14.3 Å². The van der Waals surface area contributed by atoms with Gasteiger partial charge in [0.25, 0.3) is 5.91 Å². The van der Waals surface area contributed by atoms with Crippen molar-refractivity contribution in [3.63, 3.8) is 0 Å². The van der Waals surface area contributed by atoms with E-state index in [4.69, 9.17) is 16.3 Å². The van der Waals surface area contributed by atoms with Crippen LogP contribution < -0.4 is 10.0 Å². The van der Waals surface area contributed by atoms with Crippen LogP contribution in [0.2, 0.25) is 5.02 Å². The molecule has 3 aromatic rings. The first-order chi connectivity index (χ1) is 18.0. The van der Waals surface area contributed by atoms with Crippen molar-refractivity contribution in [1.29, 1.82) is 0 Å². The standard InChI is InChI=1S/C28H29ClN4O4/c1-19-23(18-30-33(19)22-6-3-2-4-7-22)26(34)24-25(20-8-10-21(29)11-9-20)32(28(36)27(24)35)13-5-12-31-14-16-37-17-15-31/h2-4,6-11,18,25,34H,5,12-17H2,1H3. The summed E-state index contributed by atoms with van der Waals surface area (Å²) in [5.74, 6) is -1.87. The predicted molar refractivity (Wildman–Crippen MR) is 137 cm³/mol. The molecule has 1 atom stereocenters. The molecule has 2 aliphatic rings. The van der Waals surface area contributed by atoms with Crippen LogP contribution in [0.4, 0.5) is 0 Å². The maximum atomic E-state index is 13.9. The number of hydrogen-bond acceptors (Lipinski definition) is 5. The summed E-state index contributed by atoms with van der Waals surface area (Å²) in [7, 11) is 0. The number of rotatable bonds is 7. The van der Waals surface area contributed by atoms with Crippen molar-refractivity contribution in [2.24, 2.45) is 0 Å². The molecule has 8 nitrogen and oxygen atoms in total. The second kappa shape index (κ2) is 10.9. The molecular formula is C28H29ClN4O4. The molecule has 0 bridgehead atoms. The molecule has 9 heteroatoms. The molecule has 0 radical (unpaired) electrons. The predicted octanol–water partition coefficient (Wildman–Crippen LogP) is 1.36. The molecule has 0 aliphatic carbocycles. The van der Waals surface area contributed by atoms with Gasteiger partial charge >= 0.3 is 0 Å². The number of aromatic nitrogens is 2. The van der Waals surface area contributed by atoms with Crippen LogP contribution in [0, 0.1) is 6.92 Å². The van der Waals surface area contributed by atoms with Crippen molar-refractivity contribution in [1.82, 2.24) is 14.7 Å². The first kappa shape index (κ1) is 25.2. The molecule has 2 saturated heterocycles. The van der Waals surface area contributed by atoms with Crippen molar-refractivity contribution >= 4 is 29.1 Å². The Morgan fingerprint density at radius 3 is 2.51 bits per heavy atom. The Morgan fingerprint density at radius 2 is 1.81 bits per heavy atom. The lowest BCUT2D eigenvalue weighted by molar-refractivity contribution is -0.908. The summed E-state index contributed by atoms with van der Waals surface area (Å²) in [6.07, 6.45) is 2.18. The molecule has 1 amide bonds. The molecule has 5 rings (SSSR count). The zero-order valence-corrected chi connectivity index (χ0v) is 21.4. The number of morpholine rings is 1. The number of nitrogens with one attached hydrogen (secondary N) is 1. The number of likely N-dealkylation sites (tertiary alicyclic amines) is 1. The van der Waals surface area contributed by atoms with E-state index in [-0.39, 0.29) is 5.57 Å². The van der Waals surface area contributed by atoms with Crippen molar-refractivity contribution in [2.75, 3.05) is 39.4 Å². The van der Waals surface area contributed by atoms with Gasteiger partial charge in [-0.05, 0) is 36.8 Å². The van der Waals surface area contributed by atoms with Crippen molar-refractivity contribution in [3.05, 3.63) is 88.2 Å². The maximum Gasteiger partial charge on any atom is 0.295 e. The molecule has 2 aliphatic heterocycles. The van der Waals surface area contributed by atoms with E-state index in [1.807, 2.05) is 30.3 Å². The van der Waals surface area contributed by atoms with E-state index >= 15 is 0 Å². The van der Waals surface area contributed by atoms with Crippen molar-refractivity contribution in [2.45, 2.75) is 19.4 Å². The lowest BCUT2D eigenvalue weighted by atomic mass is 9.95. The Labute approximate surface area is 220 Å². The molecule has 192 valence electrons. The Hall–Kier alpha value is -3.46. The minimum atomic E-state index is -0.774. The number of amides is 1. The van der Waals surface area contributed by atoms with Gasteiger partial charge in [0.1, 0.15) is 13.1 Å². The lowest BCUT2D eigenvalue weighted by Gasteiger charge is -2.29. The zero-order valence-electron chi connectivity index (χ0n) is 20.7. The van der Waals surface area contributed by atoms with Crippen LogP contribution in [0.5, 0.6) is 0 Å². The van der Waals surface area contributed by atoms with E-state index in [2.05, 4.69) is 5.10 Å². The number of para-hydroxylation sites is 1. The van der Waals surface area contributed by atoms with E-state index in [0.29, 0.717) is 34.8 Å². The SMILES string of the molecule is Cc1c(C([O-])=C2C(=O)C(=O)N(CCC[NH+]3CCOCC3)C2c2ccc(Cl)cc2)cnn1-c1ccccc1. The van der Waals surface area contributed by atoms with Gasteiger partial charge < -0.3 is 19.6 Å². The Morgan fingerprint density at radius 1 is 1.11 bits per heavy atom. The molecule has 3 heterocycles. The van der Waals surface area contributed by atoms with E-state index in [0.717, 1.165) is 38.5 Å². The summed E-state index contributed by atoms with van der Waals surface area (Å²) in [5, 5.41) is 18.8. The first-order valence-corrected chi connectivity index (χ1v) is 12.9. The molecule has 0 saturated carbocycles. The number of nitrogens with zero attached hydrogens (tertiary/aromatic N) is 3. The molecule has 2 aromatic carbocycles. The minimum Gasteiger partial charge on any atom is -0.872 e. The summed E-state index contributed by atoms with van der Waals surface area (Å²) in [5.41, 5.74) is 2.35. The smallest absolute Gasteiger partial charge is 0.295 e. The normalized spacial score (nSPS) is 20.1. The van der Waals surface area contributed by atoms with Crippen LogP contribution in [-0.4, -0.2) is 65.8 Å². The lowest BCUT2D eigenvalue weighted by Crippen LogP contribution is -3.14. The number of hydrogen-bond donors (Lipinski definition) is 1. The zero-order chi connectivity index (χ0) is 25.9. The number of benzene rings is 2. The van der Waals surface area contributed by atoms with Gasteiger partial charge in [0.15, 0.2) is 0 Å². The second-order valence-electron chi connectivity index (χ2n) is 9.38. The fraction of sp³-hybridized carbons (Fsp3) is 0.321. The van der Waals surface area contributed by atoms with Gasteiger partial charge in [-0.3, -0.25) is 9.59 Å². The number of halogens is 1. The van der Waals surface area contributed by atoms with Gasteiger partial charge in [-0.2, -0.15) is 5.10 Å². The molecule has 1 aromatic heterocycles. The number of ether oxygens (including phenoxy) is 1. The number of carbonyl (C=O) groups is 2. The molecule has 0 spiro atoms. The maximum absolute atomic E-state index is 13.9. The molecular weight excluding hydrogens is 492 g/mol. The number of quaternary nitrogens is 1. The van der Waals surface area contributed by atoms with Gasteiger partial charge in [0, 0.05) is 34.8 Å². The first-order valence-electron chi connectivity index (χ1n) is 12.5. The third-order valence-corrected chi connectivity index (χ3v) is 7.35. The number of Topliss-reactive ketones (excluding diaryl/α,β-unsaturated/α-hetero) is 1. The summed E-state index contributed by atoms with van der Waals surface area (Å²) in [6.45, 7) is 6.33. The van der Waals surface area contributed by atoms with Crippen LogP contribution in [0.25, 0.3) is 11.4 Å². The van der Waals surface area contributed by atoms with Gasteiger partial charge in [0.05, 0.1) is 37.7 Å². The van der Waals surface area contributed by atoms with Gasteiger partial charge in [-0.25, -0.2) is 4.68 Å². The third kappa shape index (κ3) is 5.05. The Kier molecular flexibility index (Phi) is 7.41. The summed E-state index contributed by atoms with van der Waals surface area (Å²) >= 11 is 6.11. The summed E-state index contributed by atoms with van der Waals surface area (Å²) < 4.78 is 7.09. The average Bonchev–Trinajstić information content (AvgIpc) is 3.42. The topological polar surface area (TPSA) is 91.9 Å². The highest BCUT2D eigenvalue weighted by Gasteiger charge is 2.44. The minimum absolute atomic E-state index is 0.0400. The van der Waals surface area contributed by atoms with Crippen LogP contribution >= 0.6 is 11.6 Å². The second-order valence-corrected chi connectivity index (χ2v) is 9.82. The summed E-state index contributed by atoms with van der Waals surface area (Å²) in [6, 6.07) is 15.6. The highest BCUT2D eigenvalue weighted by molar-refractivity contribution is 6.46. The van der Waals surface area contributed by atoms with Crippen LogP contribution in [0.15, 0.2) is 66.4 Å². The van der Waals surface area contributed by atoms with Crippen LogP contribution in [0.1, 0.15) is 29.3 Å². The van der Waals surface area contributed by atoms with Gasteiger partial charge in [-0.15, -0.1) is 0 Å². The Balaban J connectivity index is 1.50. The van der Waals surface area contributed by atoms with Crippen molar-refractivity contribution < 1.29 is 24.3 Å². The number of ketones is 1. The van der Waals surface area contributed by atoms with E-state index in [1.165, 1.54) is 16.0 Å². The average molecular weight is 521 g/mol.